The third-order valence-electron chi connectivity index (χ3n) is 4.35. The number of benzene rings is 1. The number of carbonyl (C=O) groups is 1. The molecule has 0 aliphatic carbocycles. The van der Waals surface area contributed by atoms with Crippen LogP contribution in [0, 0.1) is 5.92 Å². The summed E-state index contributed by atoms with van der Waals surface area (Å²) in [5.41, 5.74) is 0.391. The summed E-state index contributed by atoms with van der Waals surface area (Å²) in [6.07, 6.45) is 3.55. The van der Waals surface area contributed by atoms with Gasteiger partial charge in [0.1, 0.15) is 0 Å². The van der Waals surface area contributed by atoms with E-state index in [9.17, 15) is 4.79 Å². The number of carbonyl (C=O) groups excluding carboxylic acids is 1. The summed E-state index contributed by atoms with van der Waals surface area (Å²) in [7, 11) is 0. The highest BCUT2D eigenvalue weighted by molar-refractivity contribution is 6.30. The van der Waals surface area contributed by atoms with E-state index in [1.54, 1.807) is 0 Å². The molecule has 1 aliphatic heterocycles. The van der Waals surface area contributed by atoms with Crippen molar-refractivity contribution in [3.63, 3.8) is 0 Å². The van der Waals surface area contributed by atoms with E-state index in [-0.39, 0.29) is 18.3 Å². The van der Waals surface area contributed by atoms with Crippen LogP contribution >= 0.6 is 24.0 Å². The molecule has 5 heteroatoms. The molecule has 1 atom stereocenters. The zero-order valence-electron chi connectivity index (χ0n) is 13.3. The van der Waals surface area contributed by atoms with Crippen LogP contribution in [0.5, 0.6) is 0 Å². The largest absolute Gasteiger partial charge is 0.355 e. The molecule has 1 amide bonds. The van der Waals surface area contributed by atoms with E-state index >= 15 is 0 Å². The molecular formula is C17H26Cl2N2O. The summed E-state index contributed by atoms with van der Waals surface area (Å²) in [5.74, 6) is 0.752. The Morgan fingerprint density at radius 3 is 2.86 bits per heavy atom. The van der Waals surface area contributed by atoms with Gasteiger partial charge in [0, 0.05) is 11.6 Å². The first-order chi connectivity index (χ1) is 10.00. The average Bonchev–Trinajstić information content (AvgIpc) is 2.48. The second-order valence-electron chi connectivity index (χ2n) is 6.39. The lowest BCUT2D eigenvalue weighted by atomic mass is 9.83. The Balaban J connectivity index is 0.00000242. The van der Waals surface area contributed by atoms with Gasteiger partial charge in [-0.05, 0) is 69.8 Å². The SMILES string of the molecule is CC(C)(C(=O)NCCC1CCCNC1)c1cccc(Cl)c1.Cl. The highest BCUT2D eigenvalue weighted by atomic mass is 35.5. The third kappa shape index (κ3) is 5.15. The first kappa shape index (κ1) is 19.3. The van der Waals surface area contributed by atoms with Gasteiger partial charge in [0.05, 0.1) is 5.41 Å². The Morgan fingerprint density at radius 1 is 1.45 bits per heavy atom. The molecule has 1 heterocycles. The van der Waals surface area contributed by atoms with E-state index in [0.717, 1.165) is 31.6 Å². The van der Waals surface area contributed by atoms with Gasteiger partial charge in [-0.1, -0.05) is 23.7 Å². The highest BCUT2D eigenvalue weighted by Crippen LogP contribution is 2.26. The number of hydrogen-bond donors (Lipinski definition) is 2. The van der Waals surface area contributed by atoms with Gasteiger partial charge < -0.3 is 10.6 Å². The fraction of sp³-hybridized carbons (Fsp3) is 0.588. The second kappa shape index (κ2) is 8.76. The van der Waals surface area contributed by atoms with E-state index in [2.05, 4.69) is 10.6 Å². The molecule has 0 bridgehead atoms. The van der Waals surface area contributed by atoms with E-state index in [0.29, 0.717) is 10.9 Å². The molecule has 1 fully saturated rings. The van der Waals surface area contributed by atoms with Crippen LogP contribution in [0.15, 0.2) is 24.3 Å². The maximum Gasteiger partial charge on any atom is 0.230 e. The molecule has 1 aromatic carbocycles. The van der Waals surface area contributed by atoms with Crippen molar-refractivity contribution in [2.75, 3.05) is 19.6 Å². The Labute approximate surface area is 144 Å². The van der Waals surface area contributed by atoms with Crippen LogP contribution in [-0.4, -0.2) is 25.5 Å². The summed E-state index contributed by atoms with van der Waals surface area (Å²) >= 11 is 6.02. The van der Waals surface area contributed by atoms with Crippen LogP contribution in [0.25, 0.3) is 0 Å². The Hall–Kier alpha value is -0.770. The minimum absolute atomic E-state index is 0. The van der Waals surface area contributed by atoms with Gasteiger partial charge >= 0.3 is 0 Å². The summed E-state index contributed by atoms with van der Waals surface area (Å²) in [6, 6.07) is 7.54. The average molecular weight is 345 g/mol. The molecule has 0 spiro atoms. The number of hydrogen-bond acceptors (Lipinski definition) is 2. The minimum Gasteiger partial charge on any atom is -0.355 e. The van der Waals surface area contributed by atoms with Gasteiger partial charge in [0.2, 0.25) is 5.91 Å². The molecule has 1 aliphatic rings. The van der Waals surface area contributed by atoms with E-state index in [1.165, 1.54) is 12.8 Å². The molecule has 1 saturated heterocycles. The first-order valence-electron chi connectivity index (χ1n) is 7.75. The van der Waals surface area contributed by atoms with Gasteiger partial charge in [-0.25, -0.2) is 0 Å². The molecule has 124 valence electrons. The Bertz CT molecular complexity index is 485. The maximum atomic E-state index is 12.4. The monoisotopic (exact) mass is 344 g/mol. The molecule has 3 nitrogen and oxygen atoms in total. The molecule has 22 heavy (non-hydrogen) atoms. The number of rotatable bonds is 5. The van der Waals surface area contributed by atoms with Gasteiger partial charge in [0.25, 0.3) is 0 Å². The van der Waals surface area contributed by atoms with Crippen LogP contribution in [-0.2, 0) is 10.2 Å². The molecule has 0 saturated carbocycles. The fourth-order valence-corrected chi connectivity index (χ4v) is 2.98. The fourth-order valence-electron chi connectivity index (χ4n) is 2.79. The van der Waals surface area contributed by atoms with Crippen LogP contribution in [0.1, 0.15) is 38.7 Å². The predicted octanol–water partition coefficient (Wildman–Crippen LogP) is 3.55. The van der Waals surface area contributed by atoms with Crippen LogP contribution in [0.4, 0.5) is 0 Å². The molecule has 1 aromatic rings. The standard InChI is InChI=1S/C17H25ClN2O.ClH/c1-17(2,14-6-3-7-15(18)11-14)16(21)20-10-8-13-5-4-9-19-12-13;/h3,6-7,11,13,19H,4-5,8-10,12H2,1-2H3,(H,20,21);1H. The number of piperidine rings is 1. The highest BCUT2D eigenvalue weighted by Gasteiger charge is 2.29. The van der Waals surface area contributed by atoms with Crippen molar-refractivity contribution < 1.29 is 4.79 Å². The van der Waals surface area contributed by atoms with Crippen LogP contribution in [0.2, 0.25) is 5.02 Å². The Kier molecular flexibility index (Phi) is 7.67. The molecule has 0 radical (unpaired) electrons. The smallest absolute Gasteiger partial charge is 0.230 e. The lowest BCUT2D eigenvalue weighted by Crippen LogP contribution is -2.41. The topological polar surface area (TPSA) is 41.1 Å². The molecule has 1 unspecified atom stereocenters. The second-order valence-corrected chi connectivity index (χ2v) is 6.83. The first-order valence-corrected chi connectivity index (χ1v) is 8.13. The lowest BCUT2D eigenvalue weighted by molar-refractivity contribution is -0.125. The molecule has 0 aromatic heterocycles. The normalized spacial score (nSPS) is 18.4. The quantitative estimate of drug-likeness (QED) is 0.857. The van der Waals surface area contributed by atoms with Gasteiger partial charge in [-0.15, -0.1) is 12.4 Å². The summed E-state index contributed by atoms with van der Waals surface area (Å²) < 4.78 is 0. The van der Waals surface area contributed by atoms with E-state index in [4.69, 9.17) is 11.6 Å². The third-order valence-corrected chi connectivity index (χ3v) is 4.59. The van der Waals surface area contributed by atoms with Crippen molar-refractivity contribution >= 4 is 29.9 Å². The summed E-state index contributed by atoms with van der Waals surface area (Å²) in [6.45, 7) is 6.83. The van der Waals surface area contributed by atoms with Gasteiger partial charge in [-0.2, -0.15) is 0 Å². The Morgan fingerprint density at radius 2 is 2.23 bits per heavy atom. The summed E-state index contributed by atoms with van der Waals surface area (Å²) in [4.78, 5) is 12.4. The zero-order chi connectivity index (χ0) is 15.3. The minimum atomic E-state index is -0.560. The van der Waals surface area contributed by atoms with Crippen LogP contribution < -0.4 is 10.6 Å². The van der Waals surface area contributed by atoms with Crippen molar-refractivity contribution in [2.24, 2.45) is 5.92 Å². The number of amides is 1. The molecule has 2 rings (SSSR count). The van der Waals surface area contributed by atoms with Gasteiger partial charge in [0.15, 0.2) is 0 Å². The van der Waals surface area contributed by atoms with Crippen LogP contribution in [0.3, 0.4) is 0 Å². The van der Waals surface area contributed by atoms with Gasteiger partial charge in [-0.3, -0.25) is 4.79 Å². The van der Waals surface area contributed by atoms with Crippen molar-refractivity contribution in [3.05, 3.63) is 34.9 Å². The molecule has 2 N–H and O–H groups in total. The van der Waals surface area contributed by atoms with Crippen molar-refractivity contribution in [1.29, 1.82) is 0 Å². The van der Waals surface area contributed by atoms with Crippen molar-refractivity contribution in [3.8, 4) is 0 Å². The summed E-state index contributed by atoms with van der Waals surface area (Å²) in [5, 5.41) is 7.15. The van der Waals surface area contributed by atoms with Crippen molar-refractivity contribution in [2.45, 2.75) is 38.5 Å². The van der Waals surface area contributed by atoms with E-state index < -0.39 is 5.41 Å². The number of halogens is 2. The number of nitrogens with one attached hydrogen (secondary N) is 2. The lowest BCUT2D eigenvalue weighted by Gasteiger charge is -2.26. The zero-order valence-corrected chi connectivity index (χ0v) is 14.9. The van der Waals surface area contributed by atoms with Crippen molar-refractivity contribution in [1.82, 2.24) is 10.6 Å². The maximum absolute atomic E-state index is 12.4. The van der Waals surface area contributed by atoms with E-state index in [1.807, 2.05) is 38.1 Å². The predicted molar refractivity (Wildman–Crippen MR) is 94.9 cm³/mol. The molecular weight excluding hydrogens is 319 g/mol.